The number of hydroxylamine groups is 1. The molecule has 0 radical (unpaired) electrons. The molecule has 2 aromatic rings. The van der Waals surface area contributed by atoms with Crippen LogP contribution in [0.25, 0.3) is 0 Å². The third-order valence-electron chi connectivity index (χ3n) is 4.21. The first-order chi connectivity index (χ1) is 13.1. The zero-order valence-corrected chi connectivity index (χ0v) is 16.8. The maximum Gasteiger partial charge on any atom is 0.260 e. The van der Waals surface area contributed by atoms with Gasteiger partial charge in [-0.15, -0.1) is 11.8 Å². The molecular formula is C21H27NO4S. The molecule has 5 nitrogen and oxygen atoms in total. The van der Waals surface area contributed by atoms with E-state index >= 15 is 0 Å². The van der Waals surface area contributed by atoms with Gasteiger partial charge in [0, 0.05) is 18.1 Å². The van der Waals surface area contributed by atoms with Crippen LogP contribution in [0, 0.1) is 6.92 Å². The van der Waals surface area contributed by atoms with E-state index in [1.807, 2.05) is 69.3 Å². The standard InChI is InChI=1S/C19H21NO4S.C2H6/c1-14-2-4-15(5-3-14)24-16-6-8-17(9-7-16)25-19(18(21)20-22)10-12-23-13-11-19;1-2/h2-9,22H,10-13H2,1H3,(H,20,21);1-2H3. The fourth-order valence-corrected chi connectivity index (χ4v) is 3.95. The van der Waals surface area contributed by atoms with Crippen molar-refractivity contribution in [2.24, 2.45) is 0 Å². The molecule has 0 bridgehead atoms. The maximum atomic E-state index is 12.2. The van der Waals surface area contributed by atoms with Crippen LogP contribution < -0.4 is 10.2 Å². The lowest BCUT2D eigenvalue weighted by atomic mass is 9.98. The average molecular weight is 390 g/mol. The monoisotopic (exact) mass is 389 g/mol. The molecule has 0 spiro atoms. The van der Waals surface area contributed by atoms with Crippen LogP contribution in [0.5, 0.6) is 11.5 Å². The van der Waals surface area contributed by atoms with Crippen molar-refractivity contribution < 1.29 is 19.5 Å². The number of hydrogen-bond acceptors (Lipinski definition) is 5. The largest absolute Gasteiger partial charge is 0.457 e. The van der Waals surface area contributed by atoms with Gasteiger partial charge in [-0.3, -0.25) is 10.0 Å². The molecule has 1 aliphatic heterocycles. The molecule has 0 atom stereocenters. The highest BCUT2D eigenvalue weighted by Crippen LogP contribution is 2.41. The minimum atomic E-state index is -0.702. The molecule has 2 aromatic carbocycles. The first-order valence-corrected chi connectivity index (χ1v) is 9.99. The zero-order chi connectivity index (χ0) is 19.7. The molecule has 0 unspecified atom stereocenters. The summed E-state index contributed by atoms with van der Waals surface area (Å²) < 4.78 is 10.5. The van der Waals surface area contributed by atoms with Gasteiger partial charge in [0.25, 0.3) is 5.91 Å². The molecule has 1 amide bonds. The summed E-state index contributed by atoms with van der Waals surface area (Å²) in [6, 6.07) is 15.5. The summed E-state index contributed by atoms with van der Waals surface area (Å²) >= 11 is 1.45. The van der Waals surface area contributed by atoms with E-state index in [0.717, 1.165) is 16.4 Å². The highest BCUT2D eigenvalue weighted by Gasteiger charge is 2.41. The predicted molar refractivity (Wildman–Crippen MR) is 108 cm³/mol. The summed E-state index contributed by atoms with van der Waals surface area (Å²) in [6.45, 7) is 7.05. The molecule has 0 aliphatic carbocycles. The predicted octanol–water partition coefficient (Wildman–Crippen LogP) is 4.96. The molecule has 2 N–H and O–H groups in total. The molecule has 1 aliphatic rings. The van der Waals surface area contributed by atoms with Crippen LogP contribution in [0.2, 0.25) is 0 Å². The zero-order valence-electron chi connectivity index (χ0n) is 16.0. The smallest absolute Gasteiger partial charge is 0.260 e. The van der Waals surface area contributed by atoms with Crippen molar-refractivity contribution in [3.05, 3.63) is 54.1 Å². The van der Waals surface area contributed by atoms with Gasteiger partial charge in [-0.25, -0.2) is 5.48 Å². The average Bonchev–Trinajstić information content (AvgIpc) is 2.73. The van der Waals surface area contributed by atoms with Crippen LogP contribution in [-0.4, -0.2) is 29.1 Å². The molecular weight excluding hydrogens is 362 g/mol. The van der Waals surface area contributed by atoms with Crippen LogP contribution in [0.3, 0.4) is 0 Å². The second-order valence-electron chi connectivity index (χ2n) is 6.04. The van der Waals surface area contributed by atoms with Gasteiger partial charge < -0.3 is 9.47 Å². The van der Waals surface area contributed by atoms with Gasteiger partial charge in [-0.05, 0) is 56.2 Å². The summed E-state index contributed by atoms with van der Waals surface area (Å²) in [7, 11) is 0. The van der Waals surface area contributed by atoms with E-state index < -0.39 is 4.75 Å². The van der Waals surface area contributed by atoms with Gasteiger partial charge in [0.2, 0.25) is 0 Å². The molecule has 6 heteroatoms. The molecule has 1 saturated heterocycles. The molecule has 1 heterocycles. The summed E-state index contributed by atoms with van der Waals surface area (Å²) in [4.78, 5) is 13.1. The highest BCUT2D eigenvalue weighted by atomic mass is 32.2. The van der Waals surface area contributed by atoms with Crippen LogP contribution in [0.1, 0.15) is 32.3 Å². The fourth-order valence-electron chi connectivity index (χ4n) is 2.72. The van der Waals surface area contributed by atoms with Gasteiger partial charge >= 0.3 is 0 Å². The minimum absolute atomic E-state index is 0.374. The van der Waals surface area contributed by atoms with Crippen molar-refractivity contribution >= 4 is 17.7 Å². The van der Waals surface area contributed by atoms with Crippen LogP contribution >= 0.6 is 11.8 Å². The fraction of sp³-hybridized carbons (Fsp3) is 0.381. The molecule has 3 rings (SSSR count). The number of carbonyl (C=O) groups excluding carboxylic acids is 1. The number of hydrogen-bond donors (Lipinski definition) is 2. The first-order valence-electron chi connectivity index (χ1n) is 9.17. The second-order valence-corrected chi connectivity index (χ2v) is 7.49. The van der Waals surface area contributed by atoms with E-state index in [1.165, 1.54) is 17.3 Å². The van der Waals surface area contributed by atoms with Crippen LogP contribution in [0.4, 0.5) is 0 Å². The van der Waals surface area contributed by atoms with Crippen molar-refractivity contribution in [3.8, 4) is 11.5 Å². The second kappa shape index (κ2) is 10.3. The van der Waals surface area contributed by atoms with Crippen molar-refractivity contribution in [1.82, 2.24) is 5.48 Å². The molecule has 1 fully saturated rings. The van der Waals surface area contributed by atoms with Gasteiger partial charge in [0.05, 0.1) is 0 Å². The Morgan fingerprint density at radius 1 is 1.04 bits per heavy atom. The third-order valence-corrected chi connectivity index (χ3v) is 5.70. The summed E-state index contributed by atoms with van der Waals surface area (Å²) in [5.74, 6) is 1.15. The van der Waals surface area contributed by atoms with E-state index in [-0.39, 0.29) is 5.91 Å². The Balaban J connectivity index is 0.00000126. The van der Waals surface area contributed by atoms with Crippen molar-refractivity contribution in [3.63, 3.8) is 0 Å². The molecule has 27 heavy (non-hydrogen) atoms. The maximum absolute atomic E-state index is 12.2. The summed E-state index contributed by atoms with van der Waals surface area (Å²) in [5.41, 5.74) is 2.99. The van der Waals surface area contributed by atoms with E-state index in [9.17, 15) is 4.79 Å². The van der Waals surface area contributed by atoms with Crippen LogP contribution in [0.15, 0.2) is 53.4 Å². The van der Waals surface area contributed by atoms with Crippen molar-refractivity contribution in [1.29, 1.82) is 0 Å². The number of carbonyl (C=O) groups is 1. The lowest BCUT2D eigenvalue weighted by Crippen LogP contribution is -2.46. The number of thioether (sulfide) groups is 1. The van der Waals surface area contributed by atoms with Gasteiger partial charge in [-0.1, -0.05) is 31.5 Å². The number of amides is 1. The Bertz CT molecular complexity index is 710. The Morgan fingerprint density at radius 3 is 2.07 bits per heavy atom. The topological polar surface area (TPSA) is 67.8 Å². The lowest BCUT2D eigenvalue weighted by molar-refractivity contribution is -0.134. The number of nitrogens with one attached hydrogen (secondary N) is 1. The Hall–Kier alpha value is -2.02. The van der Waals surface area contributed by atoms with E-state index in [2.05, 4.69) is 0 Å². The van der Waals surface area contributed by atoms with Gasteiger partial charge in [0.1, 0.15) is 16.2 Å². The quantitative estimate of drug-likeness (QED) is 0.559. The first kappa shape index (κ1) is 21.3. The van der Waals surface area contributed by atoms with Gasteiger partial charge in [-0.2, -0.15) is 0 Å². The van der Waals surface area contributed by atoms with E-state index in [1.54, 1.807) is 5.48 Å². The van der Waals surface area contributed by atoms with E-state index in [4.69, 9.17) is 14.7 Å². The van der Waals surface area contributed by atoms with Crippen molar-refractivity contribution in [2.75, 3.05) is 13.2 Å². The van der Waals surface area contributed by atoms with E-state index in [0.29, 0.717) is 26.1 Å². The number of benzene rings is 2. The molecule has 0 aromatic heterocycles. The Kier molecular flexibility index (Phi) is 8.16. The number of rotatable bonds is 5. The Morgan fingerprint density at radius 2 is 1.56 bits per heavy atom. The number of aryl methyl sites for hydroxylation is 1. The summed E-state index contributed by atoms with van der Waals surface area (Å²) in [5, 5.41) is 9.08. The minimum Gasteiger partial charge on any atom is -0.457 e. The highest BCUT2D eigenvalue weighted by molar-refractivity contribution is 8.01. The third kappa shape index (κ3) is 5.73. The molecule has 0 saturated carbocycles. The normalized spacial score (nSPS) is 15.3. The number of ether oxygens (including phenoxy) is 2. The summed E-state index contributed by atoms with van der Waals surface area (Å²) in [6.07, 6.45) is 1.12. The van der Waals surface area contributed by atoms with Gasteiger partial charge in [0.15, 0.2) is 0 Å². The lowest BCUT2D eigenvalue weighted by Gasteiger charge is -2.34. The van der Waals surface area contributed by atoms with Crippen LogP contribution in [-0.2, 0) is 9.53 Å². The molecule has 146 valence electrons. The van der Waals surface area contributed by atoms with Crippen molar-refractivity contribution in [2.45, 2.75) is 43.3 Å². The Labute approximate surface area is 165 Å². The SMILES string of the molecule is CC.Cc1ccc(Oc2ccc(SC3(C(=O)NO)CCOCC3)cc2)cc1.